The van der Waals surface area contributed by atoms with Crippen molar-refractivity contribution >= 4 is 33.6 Å². The largest absolute Gasteiger partial charge is 0.323 e. The summed E-state index contributed by atoms with van der Waals surface area (Å²) in [7, 11) is -3.84. The van der Waals surface area contributed by atoms with E-state index in [0.717, 1.165) is 11.1 Å². The number of rotatable bonds is 6. The van der Waals surface area contributed by atoms with Crippen LogP contribution in [-0.2, 0) is 14.8 Å². The third-order valence-electron chi connectivity index (χ3n) is 4.14. The van der Waals surface area contributed by atoms with Gasteiger partial charge < -0.3 is 5.32 Å². The Hall–Kier alpha value is -3.52. The second-order valence-electron chi connectivity index (χ2n) is 6.84. The fourth-order valence-electron chi connectivity index (χ4n) is 2.70. The first-order valence-corrected chi connectivity index (χ1v) is 10.7. The highest BCUT2D eigenvalue weighted by atomic mass is 32.2. The molecule has 0 atom stereocenters. The Balaban J connectivity index is 1.66. The minimum Gasteiger partial charge on any atom is -0.323 e. The zero-order valence-electron chi connectivity index (χ0n) is 16.9. The first kappa shape index (κ1) is 21.2. The van der Waals surface area contributed by atoms with Gasteiger partial charge in [-0.05, 0) is 62.7 Å². The van der Waals surface area contributed by atoms with E-state index >= 15 is 0 Å². The molecule has 30 heavy (non-hydrogen) atoms. The number of carbonyl (C=O) groups excluding carboxylic acids is 1. The van der Waals surface area contributed by atoms with E-state index in [1.807, 2.05) is 31.2 Å². The van der Waals surface area contributed by atoms with E-state index < -0.39 is 10.0 Å². The molecule has 0 aliphatic rings. The van der Waals surface area contributed by atoms with Crippen LogP contribution in [0.15, 0.2) is 65.6 Å². The zero-order chi connectivity index (χ0) is 21.7. The van der Waals surface area contributed by atoms with Crippen molar-refractivity contribution in [3.05, 3.63) is 83.2 Å². The lowest BCUT2D eigenvalue weighted by atomic mass is 10.1. The molecule has 0 bridgehead atoms. The van der Waals surface area contributed by atoms with Crippen molar-refractivity contribution in [2.45, 2.75) is 25.7 Å². The topological polar surface area (TPSA) is 101 Å². The van der Waals surface area contributed by atoms with Crippen LogP contribution in [0, 0.1) is 20.8 Å². The number of carbonyl (C=O) groups is 1. The summed E-state index contributed by atoms with van der Waals surface area (Å²) in [5, 5.41) is 2.70. The van der Waals surface area contributed by atoms with Gasteiger partial charge in [-0.15, -0.1) is 0 Å². The number of benzene rings is 2. The molecule has 0 aliphatic carbocycles. The third-order valence-corrected chi connectivity index (χ3v) is 5.49. The summed E-state index contributed by atoms with van der Waals surface area (Å²) in [6, 6.07) is 15.4. The molecule has 154 valence electrons. The Morgan fingerprint density at radius 3 is 2.10 bits per heavy atom. The van der Waals surface area contributed by atoms with Gasteiger partial charge in [0, 0.05) is 23.2 Å². The molecule has 2 N–H and O–H groups in total. The molecule has 1 heterocycles. The Morgan fingerprint density at radius 1 is 0.900 bits per heavy atom. The van der Waals surface area contributed by atoms with E-state index in [0.29, 0.717) is 17.1 Å². The normalized spacial score (nSPS) is 11.4. The Bertz CT molecular complexity index is 1170. The average Bonchev–Trinajstić information content (AvgIpc) is 2.67. The molecule has 0 radical (unpaired) electrons. The van der Waals surface area contributed by atoms with Crippen LogP contribution in [0.5, 0.6) is 0 Å². The molecule has 1 aromatic heterocycles. The van der Waals surface area contributed by atoms with Crippen molar-refractivity contribution in [1.29, 1.82) is 0 Å². The van der Waals surface area contributed by atoms with Crippen LogP contribution >= 0.6 is 0 Å². The number of amides is 1. The highest BCUT2D eigenvalue weighted by molar-refractivity contribution is 7.92. The van der Waals surface area contributed by atoms with Crippen molar-refractivity contribution in [2.75, 3.05) is 10.0 Å². The third kappa shape index (κ3) is 5.74. The number of nitrogens with one attached hydrogen (secondary N) is 2. The maximum atomic E-state index is 12.6. The summed E-state index contributed by atoms with van der Waals surface area (Å²) >= 11 is 0. The minimum absolute atomic E-state index is 0.0196. The highest BCUT2D eigenvalue weighted by Crippen LogP contribution is 2.17. The number of hydrogen-bond acceptors (Lipinski definition) is 5. The van der Waals surface area contributed by atoms with Gasteiger partial charge in [0.05, 0.1) is 4.90 Å². The minimum atomic E-state index is -3.84. The van der Waals surface area contributed by atoms with Crippen LogP contribution in [0.1, 0.15) is 22.5 Å². The molecule has 8 heteroatoms. The Morgan fingerprint density at radius 2 is 1.50 bits per heavy atom. The van der Waals surface area contributed by atoms with Gasteiger partial charge in [0.25, 0.3) is 10.0 Å². The van der Waals surface area contributed by atoms with Crippen LogP contribution < -0.4 is 10.0 Å². The van der Waals surface area contributed by atoms with Gasteiger partial charge in [-0.25, -0.2) is 23.1 Å². The highest BCUT2D eigenvalue weighted by Gasteiger charge is 2.16. The van der Waals surface area contributed by atoms with E-state index in [2.05, 4.69) is 20.0 Å². The Kier molecular flexibility index (Phi) is 6.27. The first-order valence-electron chi connectivity index (χ1n) is 9.22. The molecule has 0 unspecified atom stereocenters. The molecule has 3 aromatic rings. The summed E-state index contributed by atoms with van der Waals surface area (Å²) in [5.74, 6) is -0.293. The predicted molar refractivity (Wildman–Crippen MR) is 118 cm³/mol. The SMILES string of the molecule is Cc1ccc(/C=C/C(=O)Nc2ccc(S(=O)(=O)Nc3nc(C)cc(C)n3)cc2)cc1. The summed E-state index contributed by atoms with van der Waals surface area (Å²) < 4.78 is 27.5. The van der Waals surface area contributed by atoms with Crippen molar-refractivity contribution in [2.24, 2.45) is 0 Å². The average molecular weight is 423 g/mol. The van der Waals surface area contributed by atoms with Gasteiger partial charge in [0.2, 0.25) is 11.9 Å². The van der Waals surface area contributed by atoms with Crippen molar-refractivity contribution in [3.8, 4) is 0 Å². The van der Waals surface area contributed by atoms with E-state index in [4.69, 9.17) is 0 Å². The molecule has 0 saturated heterocycles. The van der Waals surface area contributed by atoms with Gasteiger partial charge in [-0.2, -0.15) is 0 Å². The van der Waals surface area contributed by atoms with Gasteiger partial charge in [-0.1, -0.05) is 29.8 Å². The molecule has 2 aromatic carbocycles. The maximum Gasteiger partial charge on any atom is 0.264 e. The molecule has 3 rings (SSSR count). The van der Waals surface area contributed by atoms with Crippen LogP contribution in [0.3, 0.4) is 0 Å². The van der Waals surface area contributed by atoms with E-state index in [9.17, 15) is 13.2 Å². The molecular formula is C22H22N4O3S. The fourth-order valence-corrected chi connectivity index (χ4v) is 3.65. The van der Waals surface area contributed by atoms with E-state index in [1.54, 1.807) is 26.0 Å². The number of anilines is 2. The Labute approximate surface area is 176 Å². The van der Waals surface area contributed by atoms with Gasteiger partial charge in [0.15, 0.2) is 0 Å². The quantitative estimate of drug-likeness (QED) is 0.588. The van der Waals surface area contributed by atoms with Crippen LogP contribution in [0.4, 0.5) is 11.6 Å². The van der Waals surface area contributed by atoms with Crippen LogP contribution in [-0.4, -0.2) is 24.3 Å². The summed E-state index contributed by atoms with van der Waals surface area (Å²) in [4.78, 5) is 20.3. The van der Waals surface area contributed by atoms with Crippen LogP contribution in [0.2, 0.25) is 0 Å². The molecule has 7 nitrogen and oxygen atoms in total. The molecule has 0 fully saturated rings. The number of aromatic nitrogens is 2. The molecule has 0 aliphatic heterocycles. The lowest BCUT2D eigenvalue weighted by Gasteiger charge is -2.09. The lowest BCUT2D eigenvalue weighted by molar-refractivity contribution is -0.111. The molecule has 0 spiro atoms. The number of sulfonamides is 1. The van der Waals surface area contributed by atoms with E-state index in [1.165, 1.54) is 30.3 Å². The summed E-state index contributed by atoms with van der Waals surface area (Å²) in [5.41, 5.74) is 3.87. The van der Waals surface area contributed by atoms with Gasteiger partial charge in [-0.3, -0.25) is 4.79 Å². The summed E-state index contributed by atoms with van der Waals surface area (Å²) in [6.07, 6.45) is 3.13. The molecular weight excluding hydrogens is 400 g/mol. The second-order valence-corrected chi connectivity index (χ2v) is 8.52. The monoisotopic (exact) mass is 422 g/mol. The smallest absolute Gasteiger partial charge is 0.264 e. The number of nitrogens with zero attached hydrogens (tertiary/aromatic N) is 2. The zero-order valence-corrected chi connectivity index (χ0v) is 17.7. The number of hydrogen-bond donors (Lipinski definition) is 2. The molecule has 1 amide bonds. The fraction of sp³-hybridized carbons (Fsp3) is 0.136. The van der Waals surface area contributed by atoms with Gasteiger partial charge >= 0.3 is 0 Å². The van der Waals surface area contributed by atoms with Crippen LogP contribution in [0.25, 0.3) is 6.08 Å². The maximum absolute atomic E-state index is 12.6. The summed E-state index contributed by atoms with van der Waals surface area (Å²) in [6.45, 7) is 5.52. The first-order chi connectivity index (χ1) is 14.2. The van der Waals surface area contributed by atoms with Crippen molar-refractivity contribution in [1.82, 2.24) is 9.97 Å². The van der Waals surface area contributed by atoms with Crippen molar-refractivity contribution < 1.29 is 13.2 Å². The standard InChI is InChI=1S/C22H22N4O3S/c1-15-4-6-18(7-5-15)8-13-21(27)25-19-9-11-20(12-10-19)30(28,29)26-22-23-16(2)14-17(3)24-22/h4-14H,1-3H3,(H,25,27)(H,23,24,26)/b13-8+. The lowest BCUT2D eigenvalue weighted by Crippen LogP contribution is -2.16. The number of aryl methyl sites for hydroxylation is 3. The van der Waals surface area contributed by atoms with Crippen molar-refractivity contribution in [3.63, 3.8) is 0 Å². The predicted octanol–water partition coefficient (Wildman–Crippen LogP) is 3.85. The molecule has 0 saturated carbocycles. The van der Waals surface area contributed by atoms with Gasteiger partial charge in [0.1, 0.15) is 0 Å². The van der Waals surface area contributed by atoms with E-state index in [-0.39, 0.29) is 16.8 Å². The second kappa shape index (κ2) is 8.87.